The summed E-state index contributed by atoms with van der Waals surface area (Å²) >= 11 is 0. The summed E-state index contributed by atoms with van der Waals surface area (Å²) in [4.78, 5) is 11.1. The molecule has 0 N–H and O–H groups in total. The molecule has 0 radical (unpaired) electrons. The molecule has 8 heteroatoms. The molecule has 1 rings (SSSR count). The maximum Gasteiger partial charge on any atom is 0.417 e. The Bertz CT molecular complexity index is 466. The number of carbonyl (C=O) groups is 1. The number of alkyl halides is 6. The van der Waals surface area contributed by atoms with E-state index in [2.05, 4.69) is 4.74 Å². The van der Waals surface area contributed by atoms with E-state index in [0.29, 0.717) is 19.1 Å². The molecule has 19 heavy (non-hydrogen) atoms. The van der Waals surface area contributed by atoms with E-state index >= 15 is 0 Å². The lowest BCUT2D eigenvalue weighted by atomic mass is 9.96. The van der Waals surface area contributed by atoms with Gasteiger partial charge in [-0.3, -0.25) is 4.79 Å². The Balaban J connectivity index is 3.76. The minimum atomic E-state index is -5.09. The molecule has 106 valence electrons. The Morgan fingerprint density at radius 1 is 1.00 bits per heavy atom. The number of Topliss-reactive ketones (excluding diaryl/α,β-unsaturated/α-hetero) is 1. The van der Waals surface area contributed by atoms with Crippen LogP contribution in [0.15, 0.2) is 12.1 Å². The fraction of sp³-hybridized carbons (Fsp3) is 0.364. The van der Waals surface area contributed by atoms with E-state index in [1.165, 1.54) is 0 Å². The monoisotopic (exact) mass is 286 g/mol. The van der Waals surface area contributed by atoms with Crippen molar-refractivity contribution < 1.29 is 35.9 Å². The minimum absolute atomic E-state index is 0.367. The Hall–Kier alpha value is -1.73. The van der Waals surface area contributed by atoms with Gasteiger partial charge in [0.2, 0.25) is 0 Å². The Kier molecular flexibility index (Phi) is 3.83. The number of halogens is 6. The average Bonchev–Trinajstić information content (AvgIpc) is 2.24. The summed E-state index contributed by atoms with van der Waals surface area (Å²) in [5, 5.41) is 0. The lowest BCUT2D eigenvalue weighted by molar-refractivity contribution is -0.143. The predicted octanol–water partition coefficient (Wildman–Crippen LogP) is 3.94. The van der Waals surface area contributed by atoms with Gasteiger partial charge in [0.15, 0.2) is 5.78 Å². The number of methoxy groups -OCH3 is 1. The van der Waals surface area contributed by atoms with Gasteiger partial charge in [-0.05, 0) is 19.1 Å². The molecule has 0 aliphatic rings. The highest BCUT2D eigenvalue weighted by molar-refractivity contribution is 5.97. The first-order valence-electron chi connectivity index (χ1n) is 4.86. The van der Waals surface area contributed by atoms with Crippen molar-refractivity contribution >= 4 is 5.78 Å². The third-order valence-corrected chi connectivity index (χ3v) is 2.31. The fourth-order valence-corrected chi connectivity index (χ4v) is 1.56. The van der Waals surface area contributed by atoms with E-state index in [0.717, 1.165) is 7.11 Å². The predicted molar refractivity (Wildman–Crippen MR) is 53.0 cm³/mol. The van der Waals surface area contributed by atoms with Crippen molar-refractivity contribution in [3.63, 3.8) is 0 Å². The summed E-state index contributed by atoms with van der Waals surface area (Å²) in [6, 6.07) is 0.734. The summed E-state index contributed by atoms with van der Waals surface area (Å²) in [5.41, 5.74) is -4.72. The van der Waals surface area contributed by atoms with Crippen LogP contribution in [-0.2, 0) is 12.4 Å². The second-order valence-corrected chi connectivity index (χ2v) is 3.65. The number of rotatable bonds is 2. The van der Waals surface area contributed by atoms with Gasteiger partial charge in [0, 0.05) is 5.56 Å². The Labute approximate surface area is 104 Å². The molecule has 0 amide bonds. The highest BCUT2D eigenvalue weighted by Crippen LogP contribution is 2.42. The van der Waals surface area contributed by atoms with Gasteiger partial charge in [-0.2, -0.15) is 26.3 Å². The van der Waals surface area contributed by atoms with E-state index < -0.39 is 40.6 Å². The highest BCUT2D eigenvalue weighted by Gasteiger charge is 2.42. The van der Waals surface area contributed by atoms with Crippen molar-refractivity contribution in [2.45, 2.75) is 19.3 Å². The van der Waals surface area contributed by atoms with Gasteiger partial charge < -0.3 is 4.74 Å². The summed E-state index contributed by atoms with van der Waals surface area (Å²) < 4.78 is 80.7. The first-order valence-corrected chi connectivity index (χ1v) is 4.86. The van der Waals surface area contributed by atoms with Crippen LogP contribution in [0, 0.1) is 0 Å². The number of ether oxygens (including phenoxy) is 1. The zero-order valence-electron chi connectivity index (χ0n) is 9.74. The average molecular weight is 286 g/mol. The van der Waals surface area contributed by atoms with Crippen LogP contribution in [-0.4, -0.2) is 12.9 Å². The quantitative estimate of drug-likeness (QED) is 0.608. The topological polar surface area (TPSA) is 26.3 Å². The van der Waals surface area contributed by atoms with Gasteiger partial charge in [-0.25, -0.2) is 0 Å². The molecular weight excluding hydrogens is 278 g/mol. The lowest BCUT2D eigenvalue weighted by Crippen LogP contribution is -2.19. The Morgan fingerprint density at radius 2 is 1.37 bits per heavy atom. The van der Waals surface area contributed by atoms with Crippen molar-refractivity contribution in [1.29, 1.82) is 0 Å². The van der Waals surface area contributed by atoms with E-state index in [-0.39, 0.29) is 0 Å². The first-order chi connectivity index (χ1) is 8.48. The zero-order chi connectivity index (χ0) is 15.0. The van der Waals surface area contributed by atoms with Gasteiger partial charge in [0.1, 0.15) is 5.75 Å². The van der Waals surface area contributed by atoms with Crippen molar-refractivity contribution in [3.05, 3.63) is 28.8 Å². The van der Waals surface area contributed by atoms with Crippen LogP contribution in [0.3, 0.4) is 0 Å². The largest absolute Gasteiger partial charge is 0.497 e. The third-order valence-electron chi connectivity index (χ3n) is 2.31. The van der Waals surface area contributed by atoms with Crippen LogP contribution < -0.4 is 4.74 Å². The van der Waals surface area contributed by atoms with Crippen molar-refractivity contribution in [1.82, 2.24) is 0 Å². The molecule has 0 bridgehead atoms. The minimum Gasteiger partial charge on any atom is -0.497 e. The number of carbonyl (C=O) groups excluding carboxylic acids is 1. The molecule has 0 spiro atoms. The maximum atomic E-state index is 12.7. The second-order valence-electron chi connectivity index (χ2n) is 3.65. The molecule has 0 aliphatic carbocycles. The van der Waals surface area contributed by atoms with Gasteiger partial charge >= 0.3 is 12.4 Å². The van der Waals surface area contributed by atoms with Crippen LogP contribution in [0.4, 0.5) is 26.3 Å². The molecule has 0 saturated heterocycles. The number of hydrogen-bond donors (Lipinski definition) is 0. The molecule has 2 nitrogen and oxygen atoms in total. The smallest absolute Gasteiger partial charge is 0.417 e. The molecule has 1 aromatic carbocycles. The van der Waals surface area contributed by atoms with Gasteiger partial charge in [0.05, 0.1) is 18.2 Å². The number of hydrogen-bond acceptors (Lipinski definition) is 2. The molecule has 0 heterocycles. The molecular formula is C11H8F6O2. The van der Waals surface area contributed by atoms with Gasteiger partial charge in [0.25, 0.3) is 0 Å². The molecule has 0 fully saturated rings. The van der Waals surface area contributed by atoms with E-state index in [4.69, 9.17) is 0 Å². The van der Waals surface area contributed by atoms with E-state index in [9.17, 15) is 31.1 Å². The van der Waals surface area contributed by atoms with Gasteiger partial charge in [-0.15, -0.1) is 0 Å². The summed E-state index contributed by atoms with van der Waals surface area (Å²) in [6.07, 6.45) is -10.2. The molecule has 0 atom stereocenters. The normalized spacial score (nSPS) is 12.4. The third kappa shape index (κ3) is 3.18. The van der Waals surface area contributed by atoms with Crippen LogP contribution in [0.2, 0.25) is 0 Å². The molecule has 0 aliphatic heterocycles. The fourth-order valence-electron chi connectivity index (χ4n) is 1.56. The summed E-state index contributed by atoms with van der Waals surface area (Å²) in [6.45, 7) is 0.645. The van der Waals surface area contributed by atoms with Crippen molar-refractivity contribution in [2.24, 2.45) is 0 Å². The maximum absolute atomic E-state index is 12.7. The first kappa shape index (κ1) is 15.3. The SMILES string of the molecule is COc1cc(C(F)(F)F)c(C(C)=O)c(C(F)(F)F)c1. The van der Waals surface area contributed by atoms with Crippen LogP contribution in [0.5, 0.6) is 5.75 Å². The molecule has 0 aromatic heterocycles. The van der Waals surface area contributed by atoms with Crippen molar-refractivity contribution in [3.8, 4) is 5.75 Å². The molecule has 0 unspecified atom stereocenters. The summed E-state index contributed by atoms with van der Waals surface area (Å²) in [7, 11) is 0.934. The number of benzene rings is 1. The molecule has 1 aromatic rings. The highest BCUT2D eigenvalue weighted by atomic mass is 19.4. The van der Waals surface area contributed by atoms with E-state index in [1.807, 2.05) is 0 Å². The molecule has 0 saturated carbocycles. The van der Waals surface area contributed by atoms with Crippen LogP contribution in [0.25, 0.3) is 0 Å². The number of ketones is 1. The lowest BCUT2D eigenvalue weighted by Gasteiger charge is -2.18. The zero-order valence-corrected chi connectivity index (χ0v) is 9.74. The second kappa shape index (κ2) is 4.75. The standard InChI is InChI=1S/C11H8F6O2/c1-5(18)9-7(10(12,13)14)3-6(19-2)4-8(9)11(15,16)17/h3-4H,1-2H3. The van der Waals surface area contributed by atoms with Crippen molar-refractivity contribution in [2.75, 3.05) is 7.11 Å². The van der Waals surface area contributed by atoms with Crippen LogP contribution in [0.1, 0.15) is 28.4 Å². The Morgan fingerprint density at radius 3 is 1.58 bits per heavy atom. The summed E-state index contributed by atoms with van der Waals surface area (Å²) in [5.74, 6) is -1.94. The van der Waals surface area contributed by atoms with Gasteiger partial charge in [-0.1, -0.05) is 0 Å². The van der Waals surface area contributed by atoms with Crippen LogP contribution >= 0.6 is 0 Å². The van der Waals surface area contributed by atoms with E-state index in [1.54, 1.807) is 0 Å².